The summed E-state index contributed by atoms with van der Waals surface area (Å²) in [7, 11) is 0. The number of alkyl halides is 1. The summed E-state index contributed by atoms with van der Waals surface area (Å²) in [5.74, 6) is 0.167. The minimum atomic E-state index is -0.364. The van der Waals surface area contributed by atoms with Crippen LogP contribution in [0, 0.1) is 0 Å². The molecule has 0 aromatic carbocycles. The van der Waals surface area contributed by atoms with Gasteiger partial charge in [-0.05, 0) is 26.7 Å². The van der Waals surface area contributed by atoms with Gasteiger partial charge in [0.15, 0.2) is 0 Å². The molecule has 1 fully saturated rings. The molecule has 0 radical (unpaired) electrons. The van der Waals surface area contributed by atoms with Gasteiger partial charge in [0.25, 0.3) is 0 Å². The summed E-state index contributed by atoms with van der Waals surface area (Å²) in [5.41, 5.74) is -0.364. The van der Waals surface area contributed by atoms with Crippen LogP contribution in [0.5, 0.6) is 0 Å². The number of rotatable bonds is 5. The Labute approximate surface area is 111 Å². The predicted molar refractivity (Wildman–Crippen MR) is 70.3 cm³/mol. The molecule has 0 bridgehead atoms. The molecule has 0 spiro atoms. The molecule has 1 atom stereocenters. The molecule has 5 heteroatoms. The van der Waals surface area contributed by atoms with E-state index in [0.717, 1.165) is 18.2 Å². The zero-order valence-corrected chi connectivity index (χ0v) is 12.2. The molecular weight excluding hydrogens is 286 g/mol. The van der Waals surface area contributed by atoms with Crippen LogP contribution in [-0.4, -0.2) is 52.6 Å². The summed E-state index contributed by atoms with van der Waals surface area (Å²) >= 11 is 3.36. The first-order valence-electron chi connectivity index (χ1n) is 6.11. The van der Waals surface area contributed by atoms with Crippen molar-refractivity contribution in [3.63, 3.8) is 0 Å². The van der Waals surface area contributed by atoms with Crippen molar-refractivity contribution in [1.29, 1.82) is 0 Å². The third kappa shape index (κ3) is 4.94. The zero-order valence-electron chi connectivity index (χ0n) is 10.6. The summed E-state index contributed by atoms with van der Waals surface area (Å²) in [6.07, 6.45) is 2.26. The fourth-order valence-corrected chi connectivity index (χ4v) is 2.51. The fraction of sp³-hybridized carbons (Fsp3) is 0.917. The number of ether oxygens (including phenoxy) is 1. The van der Waals surface area contributed by atoms with Crippen molar-refractivity contribution in [2.75, 3.05) is 25.0 Å². The zero-order chi connectivity index (χ0) is 12.9. The second kappa shape index (κ2) is 6.71. The second-order valence-corrected chi connectivity index (χ2v) is 5.90. The number of carbonyl (C=O) groups is 1. The first kappa shape index (κ1) is 14.9. The van der Waals surface area contributed by atoms with Gasteiger partial charge in [-0.15, -0.1) is 0 Å². The average molecular weight is 308 g/mol. The lowest BCUT2D eigenvalue weighted by Crippen LogP contribution is -2.55. The Bertz CT molecular complexity index is 258. The number of carbonyl (C=O) groups excluding carboxylic acids is 1. The van der Waals surface area contributed by atoms with E-state index in [1.807, 2.05) is 18.7 Å². The fourth-order valence-electron chi connectivity index (χ4n) is 2.11. The quantitative estimate of drug-likeness (QED) is 0.619. The Morgan fingerprint density at radius 3 is 2.82 bits per heavy atom. The highest BCUT2D eigenvalue weighted by molar-refractivity contribution is 9.09. The molecule has 1 N–H and O–H groups in total. The van der Waals surface area contributed by atoms with Gasteiger partial charge in [-0.25, -0.2) is 0 Å². The van der Waals surface area contributed by atoms with Crippen molar-refractivity contribution in [2.24, 2.45) is 0 Å². The number of aliphatic hydroxyl groups excluding tert-OH is 1. The standard InChI is InChI=1S/C12H22BrNO3/c1-12(2)9-14(7-10(8-15)17-12)11(16)5-3-4-6-13/h10,15H,3-9H2,1-2H3. The number of hydrogen-bond acceptors (Lipinski definition) is 3. The van der Waals surface area contributed by atoms with Gasteiger partial charge in [0.2, 0.25) is 5.91 Å². The van der Waals surface area contributed by atoms with Gasteiger partial charge in [-0.3, -0.25) is 4.79 Å². The molecule has 4 nitrogen and oxygen atoms in total. The van der Waals surface area contributed by atoms with Crippen LogP contribution in [0.4, 0.5) is 0 Å². The minimum Gasteiger partial charge on any atom is -0.394 e. The largest absolute Gasteiger partial charge is 0.394 e. The molecule has 1 aliphatic rings. The minimum absolute atomic E-state index is 0.0331. The number of halogens is 1. The van der Waals surface area contributed by atoms with Gasteiger partial charge >= 0.3 is 0 Å². The van der Waals surface area contributed by atoms with Crippen LogP contribution in [0.25, 0.3) is 0 Å². The maximum atomic E-state index is 12.0. The SMILES string of the molecule is CC1(C)CN(C(=O)CCCCBr)CC(CO)O1. The lowest BCUT2D eigenvalue weighted by atomic mass is 10.0. The summed E-state index contributed by atoms with van der Waals surface area (Å²) in [4.78, 5) is 13.8. The van der Waals surface area contributed by atoms with E-state index in [1.54, 1.807) is 0 Å². The second-order valence-electron chi connectivity index (χ2n) is 5.10. The van der Waals surface area contributed by atoms with E-state index in [0.29, 0.717) is 19.5 Å². The molecule has 100 valence electrons. The van der Waals surface area contributed by atoms with Crippen molar-refractivity contribution >= 4 is 21.8 Å². The van der Waals surface area contributed by atoms with Gasteiger partial charge in [0.05, 0.1) is 18.3 Å². The highest BCUT2D eigenvalue weighted by Gasteiger charge is 2.34. The molecule has 0 aromatic rings. The molecule has 1 aliphatic heterocycles. The molecule has 1 unspecified atom stereocenters. The van der Waals surface area contributed by atoms with E-state index in [2.05, 4.69) is 15.9 Å². The Morgan fingerprint density at radius 2 is 2.24 bits per heavy atom. The molecule has 0 saturated carbocycles. The molecule has 17 heavy (non-hydrogen) atoms. The van der Waals surface area contributed by atoms with Crippen LogP contribution < -0.4 is 0 Å². The molecule has 1 rings (SSSR count). The van der Waals surface area contributed by atoms with Gasteiger partial charge in [0.1, 0.15) is 0 Å². The van der Waals surface area contributed by atoms with Crippen LogP contribution >= 0.6 is 15.9 Å². The first-order chi connectivity index (χ1) is 7.98. The Hall–Kier alpha value is -0.130. The molecule has 0 aromatic heterocycles. The Kier molecular flexibility index (Phi) is 5.89. The highest BCUT2D eigenvalue weighted by Crippen LogP contribution is 2.21. The summed E-state index contributed by atoms with van der Waals surface area (Å²) in [6, 6.07) is 0. The van der Waals surface area contributed by atoms with Crippen molar-refractivity contribution in [3.05, 3.63) is 0 Å². The van der Waals surface area contributed by atoms with Crippen LogP contribution in [0.2, 0.25) is 0 Å². The lowest BCUT2D eigenvalue weighted by molar-refractivity contribution is -0.167. The maximum absolute atomic E-state index is 12.0. The van der Waals surface area contributed by atoms with Crippen LogP contribution in [0.15, 0.2) is 0 Å². The number of morpholine rings is 1. The third-order valence-electron chi connectivity index (χ3n) is 2.81. The lowest BCUT2D eigenvalue weighted by Gasteiger charge is -2.42. The van der Waals surface area contributed by atoms with Gasteiger partial charge in [0, 0.05) is 24.8 Å². The number of aliphatic hydroxyl groups is 1. The number of nitrogens with zero attached hydrogens (tertiary/aromatic N) is 1. The highest BCUT2D eigenvalue weighted by atomic mass is 79.9. The van der Waals surface area contributed by atoms with E-state index >= 15 is 0 Å². The Balaban J connectivity index is 2.48. The monoisotopic (exact) mass is 307 g/mol. The third-order valence-corrected chi connectivity index (χ3v) is 3.37. The van der Waals surface area contributed by atoms with Gasteiger partial charge in [-0.1, -0.05) is 15.9 Å². The first-order valence-corrected chi connectivity index (χ1v) is 7.23. The van der Waals surface area contributed by atoms with Crippen molar-refractivity contribution in [1.82, 2.24) is 4.90 Å². The Morgan fingerprint density at radius 1 is 1.53 bits per heavy atom. The normalized spacial score (nSPS) is 23.8. The average Bonchev–Trinajstić information content (AvgIpc) is 2.27. The molecule has 1 saturated heterocycles. The predicted octanol–water partition coefficient (Wildman–Crippen LogP) is 1.55. The van der Waals surface area contributed by atoms with Gasteiger partial charge in [-0.2, -0.15) is 0 Å². The van der Waals surface area contributed by atoms with Crippen molar-refractivity contribution in [2.45, 2.75) is 44.8 Å². The molecular formula is C12H22BrNO3. The summed E-state index contributed by atoms with van der Waals surface area (Å²) < 4.78 is 5.68. The van der Waals surface area contributed by atoms with Crippen molar-refractivity contribution in [3.8, 4) is 0 Å². The number of amides is 1. The smallest absolute Gasteiger partial charge is 0.222 e. The topological polar surface area (TPSA) is 49.8 Å². The van der Waals surface area contributed by atoms with Crippen molar-refractivity contribution < 1.29 is 14.6 Å². The summed E-state index contributed by atoms with van der Waals surface area (Å²) in [6.45, 7) is 4.99. The number of hydrogen-bond donors (Lipinski definition) is 1. The van der Waals surface area contributed by atoms with E-state index in [9.17, 15) is 4.79 Å². The van der Waals surface area contributed by atoms with Crippen LogP contribution in [0.1, 0.15) is 33.1 Å². The summed E-state index contributed by atoms with van der Waals surface area (Å²) in [5, 5.41) is 10.1. The van der Waals surface area contributed by atoms with E-state index in [1.165, 1.54) is 0 Å². The maximum Gasteiger partial charge on any atom is 0.222 e. The van der Waals surface area contributed by atoms with Crippen LogP contribution in [0.3, 0.4) is 0 Å². The van der Waals surface area contributed by atoms with E-state index in [4.69, 9.17) is 9.84 Å². The van der Waals surface area contributed by atoms with Crippen LogP contribution in [-0.2, 0) is 9.53 Å². The van der Waals surface area contributed by atoms with Gasteiger partial charge < -0.3 is 14.7 Å². The van der Waals surface area contributed by atoms with E-state index in [-0.39, 0.29) is 24.2 Å². The molecule has 1 amide bonds. The molecule has 0 aliphatic carbocycles. The van der Waals surface area contributed by atoms with E-state index < -0.39 is 0 Å². The number of unbranched alkanes of at least 4 members (excludes halogenated alkanes) is 1. The molecule has 1 heterocycles.